The number of amides is 2. The third-order valence-corrected chi connectivity index (χ3v) is 5.68. The Balaban J connectivity index is 1.47. The minimum absolute atomic E-state index is 0.191. The summed E-state index contributed by atoms with van der Waals surface area (Å²) < 4.78 is 10.9. The van der Waals surface area contributed by atoms with Crippen LogP contribution in [0.2, 0.25) is 10.0 Å². The molecule has 0 aromatic heterocycles. The molecule has 3 aromatic rings. The summed E-state index contributed by atoms with van der Waals surface area (Å²) in [5.41, 5.74) is 3.25. The quantitative estimate of drug-likeness (QED) is 0.520. The lowest BCUT2D eigenvalue weighted by molar-refractivity contribution is 0.173. The van der Waals surface area contributed by atoms with Crippen molar-refractivity contribution < 1.29 is 14.3 Å². The van der Waals surface area contributed by atoms with Gasteiger partial charge in [0.05, 0.1) is 11.8 Å². The topological polar surface area (TPSA) is 63.2 Å². The van der Waals surface area contributed by atoms with Gasteiger partial charge in [0.1, 0.15) is 0 Å². The van der Waals surface area contributed by atoms with Crippen LogP contribution < -0.4 is 14.8 Å². The molecule has 3 aromatic carbocycles. The summed E-state index contributed by atoms with van der Waals surface area (Å²) in [6, 6.07) is 19.4. The molecule has 2 amide bonds. The highest BCUT2D eigenvalue weighted by Crippen LogP contribution is 2.39. The van der Waals surface area contributed by atoms with Crippen molar-refractivity contribution in [2.24, 2.45) is 5.10 Å². The van der Waals surface area contributed by atoms with Crippen LogP contribution in [0.3, 0.4) is 0 Å². The second-order valence-electron chi connectivity index (χ2n) is 7.17. The lowest BCUT2D eigenvalue weighted by atomic mass is 9.98. The first-order valence-corrected chi connectivity index (χ1v) is 10.4. The molecule has 1 atom stereocenters. The van der Waals surface area contributed by atoms with Gasteiger partial charge in [-0.2, -0.15) is 5.10 Å². The highest BCUT2D eigenvalue weighted by Gasteiger charge is 2.34. The molecule has 2 heterocycles. The van der Waals surface area contributed by atoms with E-state index in [4.69, 9.17) is 32.7 Å². The Hall–Kier alpha value is -3.22. The molecule has 1 N–H and O–H groups in total. The van der Waals surface area contributed by atoms with Gasteiger partial charge in [-0.3, -0.25) is 0 Å². The largest absolute Gasteiger partial charge is 0.454 e. The van der Waals surface area contributed by atoms with E-state index >= 15 is 0 Å². The van der Waals surface area contributed by atoms with E-state index < -0.39 is 0 Å². The number of anilines is 1. The highest BCUT2D eigenvalue weighted by atomic mass is 35.5. The Morgan fingerprint density at radius 3 is 2.35 bits per heavy atom. The maximum absolute atomic E-state index is 13.1. The molecule has 2 aliphatic rings. The third kappa shape index (κ3) is 4.04. The molecule has 0 bridgehead atoms. The SMILES string of the molecule is O=C(Nc1ccc(Cl)cc1)N1N=C(c2ccc(Cl)cc2)CC1c1ccc2c(c1)OCO2. The number of nitrogens with zero attached hydrogens (tertiary/aromatic N) is 2. The number of fused-ring (bicyclic) bond motifs is 1. The van der Waals surface area contributed by atoms with Crippen molar-refractivity contribution in [3.63, 3.8) is 0 Å². The first-order chi connectivity index (χ1) is 15.1. The number of hydrogen-bond donors (Lipinski definition) is 1. The standard InChI is InChI=1S/C23H17Cl2N3O3/c24-16-4-1-14(2-5-16)19-12-20(15-3-10-21-22(11-15)31-13-30-21)28(27-19)23(29)26-18-8-6-17(25)7-9-18/h1-11,20H,12-13H2,(H,26,29). The number of urea groups is 1. The lowest BCUT2D eigenvalue weighted by Gasteiger charge is -2.22. The number of hydrazone groups is 1. The average Bonchev–Trinajstić information content (AvgIpc) is 3.42. The Morgan fingerprint density at radius 1 is 0.935 bits per heavy atom. The van der Waals surface area contributed by atoms with E-state index in [2.05, 4.69) is 10.4 Å². The number of halogens is 2. The second kappa shape index (κ2) is 8.13. The minimum Gasteiger partial charge on any atom is -0.454 e. The van der Waals surface area contributed by atoms with Gasteiger partial charge in [0, 0.05) is 22.2 Å². The highest BCUT2D eigenvalue weighted by molar-refractivity contribution is 6.31. The summed E-state index contributed by atoms with van der Waals surface area (Å²) >= 11 is 12.0. The van der Waals surface area contributed by atoms with E-state index in [0.29, 0.717) is 33.7 Å². The van der Waals surface area contributed by atoms with Crippen LogP contribution in [0.4, 0.5) is 10.5 Å². The van der Waals surface area contributed by atoms with Crippen LogP contribution in [0.1, 0.15) is 23.6 Å². The molecule has 156 valence electrons. The zero-order valence-electron chi connectivity index (χ0n) is 16.2. The molecule has 6 nitrogen and oxygen atoms in total. The Morgan fingerprint density at radius 2 is 1.61 bits per heavy atom. The number of benzene rings is 3. The van der Waals surface area contributed by atoms with Crippen molar-refractivity contribution in [2.75, 3.05) is 12.1 Å². The van der Waals surface area contributed by atoms with Crippen molar-refractivity contribution in [3.05, 3.63) is 87.9 Å². The number of nitrogens with one attached hydrogen (secondary N) is 1. The molecule has 5 rings (SSSR count). The summed E-state index contributed by atoms with van der Waals surface area (Å²) in [5, 5.41) is 10.2. The molecule has 0 radical (unpaired) electrons. The molecule has 0 saturated heterocycles. The molecular weight excluding hydrogens is 437 g/mol. The van der Waals surface area contributed by atoms with Crippen molar-refractivity contribution in [2.45, 2.75) is 12.5 Å². The first kappa shape index (κ1) is 19.7. The normalized spacial score (nSPS) is 16.9. The van der Waals surface area contributed by atoms with E-state index in [-0.39, 0.29) is 18.9 Å². The summed E-state index contributed by atoms with van der Waals surface area (Å²) in [7, 11) is 0. The van der Waals surface area contributed by atoms with E-state index in [9.17, 15) is 4.79 Å². The van der Waals surface area contributed by atoms with Gasteiger partial charge in [-0.1, -0.05) is 41.4 Å². The zero-order valence-corrected chi connectivity index (χ0v) is 17.7. The van der Waals surface area contributed by atoms with Crippen LogP contribution in [0.25, 0.3) is 0 Å². The fraction of sp³-hybridized carbons (Fsp3) is 0.130. The predicted molar refractivity (Wildman–Crippen MR) is 120 cm³/mol. The van der Waals surface area contributed by atoms with Crippen LogP contribution in [0.15, 0.2) is 71.8 Å². The Labute approximate surface area is 189 Å². The van der Waals surface area contributed by atoms with Crippen LogP contribution in [0, 0.1) is 0 Å². The van der Waals surface area contributed by atoms with E-state index in [1.165, 1.54) is 5.01 Å². The Bertz CT molecular complexity index is 1160. The molecule has 0 fully saturated rings. The van der Waals surface area contributed by atoms with Gasteiger partial charge < -0.3 is 14.8 Å². The molecule has 0 spiro atoms. The predicted octanol–water partition coefficient (Wildman–Crippen LogP) is 6.11. The average molecular weight is 454 g/mol. The molecule has 0 saturated carbocycles. The van der Waals surface area contributed by atoms with Crippen molar-refractivity contribution in [1.29, 1.82) is 0 Å². The maximum Gasteiger partial charge on any atom is 0.342 e. The molecular formula is C23H17Cl2N3O3. The van der Waals surface area contributed by atoms with Gasteiger partial charge in [-0.05, 0) is 59.7 Å². The molecule has 31 heavy (non-hydrogen) atoms. The first-order valence-electron chi connectivity index (χ1n) is 9.65. The minimum atomic E-state index is -0.339. The number of carbonyl (C=O) groups is 1. The fourth-order valence-electron chi connectivity index (χ4n) is 3.61. The summed E-state index contributed by atoms with van der Waals surface area (Å²) in [4.78, 5) is 13.1. The fourth-order valence-corrected chi connectivity index (χ4v) is 3.86. The van der Waals surface area contributed by atoms with E-state index in [0.717, 1.165) is 16.8 Å². The molecule has 2 aliphatic heterocycles. The van der Waals surface area contributed by atoms with Gasteiger partial charge >= 0.3 is 6.03 Å². The van der Waals surface area contributed by atoms with E-state index in [1.54, 1.807) is 24.3 Å². The number of rotatable bonds is 3. The molecule has 1 unspecified atom stereocenters. The maximum atomic E-state index is 13.1. The van der Waals surface area contributed by atoms with Crippen LogP contribution in [-0.2, 0) is 0 Å². The third-order valence-electron chi connectivity index (χ3n) is 5.17. The smallest absolute Gasteiger partial charge is 0.342 e. The van der Waals surface area contributed by atoms with Crippen LogP contribution in [0.5, 0.6) is 11.5 Å². The van der Waals surface area contributed by atoms with Crippen LogP contribution in [-0.4, -0.2) is 23.5 Å². The van der Waals surface area contributed by atoms with E-state index in [1.807, 2.05) is 42.5 Å². The summed E-state index contributed by atoms with van der Waals surface area (Å²) in [6.45, 7) is 0.191. The Kier molecular flexibility index (Phi) is 5.18. The van der Waals surface area contributed by atoms with Crippen LogP contribution >= 0.6 is 23.2 Å². The number of carbonyl (C=O) groups excluding carboxylic acids is 1. The summed E-state index contributed by atoms with van der Waals surface area (Å²) in [5.74, 6) is 1.35. The summed E-state index contributed by atoms with van der Waals surface area (Å²) in [6.07, 6.45) is 0.551. The molecule has 8 heteroatoms. The lowest BCUT2D eigenvalue weighted by Crippen LogP contribution is -2.31. The van der Waals surface area contributed by atoms with Gasteiger partial charge in [-0.25, -0.2) is 9.80 Å². The second-order valence-corrected chi connectivity index (χ2v) is 8.04. The van der Waals surface area contributed by atoms with Gasteiger partial charge in [0.15, 0.2) is 11.5 Å². The van der Waals surface area contributed by atoms with Crippen molar-refractivity contribution in [1.82, 2.24) is 5.01 Å². The van der Waals surface area contributed by atoms with Gasteiger partial charge in [-0.15, -0.1) is 0 Å². The number of hydrogen-bond acceptors (Lipinski definition) is 4. The monoisotopic (exact) mass is 453 g/mol. The number of ether oxygens (including phenoxy) is 2. The zero-order chi connectivity index (χ0) is 21.4. The van der Waals surface area contributed by atoms with Crippen molar-refractivity contribution >= 4 is 40.6 Å². The molecule has 0 aliphatic carbocycles. The van der Waals surface area contributed by atoms with Gasteiger partial charge in [0.25, 0.3) is 0 Å². The van der Waals surface area contributed by atoms with Crippen molar-refractivity contribution in [3.8, 4) is 11.5 Å². The van der Waals surface area contributed by atoms with Gasteiger partial charge in [0.2, 0.25) is 6.79 Å².